The highest BCUT2D eigenvalue weighted by Crippen LogP contribution is 2.30. The topological polar surface area (TPSA) is 35.3 Å². The summed E-state index contributed by atoms with van der Waals surface area (Å²) < 4.78 is 23.9. The zero-order chi connectivity index (χ0) is 13.9. The van der Waals surface area contributed by atoms with Crippen LogP contribution in [0, 0.1) is 5.82 Å². The van der Waals surface area contributed by atoms with Gasteiger partial charge in [-0.05, 0) is 36.4 Å². The number of rotatable bonds is 4. The minimum Gasteiger partial charge on any atom is -0.493 e. The Hall–Kier alpha value is -1.88. The molecule has 1 heterocycles. The number of benzene rings is 2. The number of aromatic nitrogens is 1. The second-order valence-electron chi connectivity index (χ2n) is 4.23. The average Bonchev–Trinajstić information content (AvgIpc) is 2.88. The van der Waals surface area contributed by atoms with Crippen LogP contribution in [0.3, 0.4) is 0 Å². The molecule has 5 heteroatoms. The Morgan fingerprint density at radius 3 is 2.70 bits per heavy atom. The first-order valence-electron chi connectivity index (χ1n) is 6.12. The summed E-state index contributed by atoms with van der Waals surface area (Å²) in [7, 11) is 0. The molecule has 3 aromatic rings. The fraction of sp³-hybridized carbons (Fsp3) is 0.133. The molecule has 0 bridgehead atoms. The molecule has 0 radical (unpaired) electrons. The first-order chi connectivity index (χ1) is 9.78. The molecule has 3 nitrogen and oxygen atoms in total. The van der Waals surface area contributed by atoms with Crippen molar-refractivity contribution in [1.82, 2.24) is 5.16 Å². The van der Waals surface area contributed by atoms with E-state index in [1.807, 2.05) is 24.3 Å². The summed E-state index contributed by atoms with van der Waals surface area (Å²) in [5.41, 5.74) is 1.39. The van der Waals surface area contributed by atoms with E-state index in [1.54, 1.807) is 6.07 Å². The van der Waals surface area contributed by atoms with E-state index in [0.29, 0.717) is 17.9 Å². The summed E-state index contributed by atoms with van der Waals surface area (Å²) in [5, 5.41) is 5.45. The van der Waals surface area contributed by atoms with E-state index < -0.39 is 0 Å². The first kappa shape index (κ1) is 13.1. The Kier molecular flexibility index (Phi) is 3.69. The molecule has 20 heavy (non-hydrogen) atoms. The summed E-state index contributed by atoms with van der Waals surface area (Å²) in [6.07, 6.45) is 0. The molecule has 3 rings (SSSR count). The molecule has 2 aromatic carbocycles. The standard InChI is InChI=1S/C15H11BrFNO2/c16-7-8-19-12-4-1-10(2-5-12)15-13-6-3-11(17)9-14(13)18-20-15/h1-6,9H,7-8H2. The second-order valence-corrected chi connectivity index (χ2v) is 5.03. The lowest BCUT2D eigenvalue weighted by Gasteiger charge is -2.04. The normalized spacial score (nSPS) is 10.9. The van der Waals surface area contributed by atoms with E-state index >= 15 is 0 Å². The van der Waals surface area contributed by atoms with Crippen LogP contribution in [0.1, 0.15) is 0 Å². The van der Waals surface area contributed by atoms with Crippen LogP contribution in [-0.4, -0.2) is 17.1 Å². The van der Waals surface area contributed by atoms with Crippen LogP contribution in [0.5, 0.6) is 5.75 Å². The van der Waals surface area contributed by atoms with Gasteiger partial charge in [-0.25, -0.2) is 4.39 Å². The van der Waals surface area contributed by atoms with E-state index in [9.17, 15) is 4.39 Å². The van der Waals surface area contributed by atoms with Gasteiger partial charge in [0.1, 0.15) is 17.1 Å². The van der Waals surface area contributed by atoms with E-state index in [1.165, 1.54) is 12.1 Å². The van der Waals surface area contributed by atoms with Gasteiger partial charge in [-0.2, -0.15) is 0 Å². The summed E-state index contributed by atoms with van der Waals surface area (Å²) in [6.45, 7) is 0.615. The van der Waals surface area contributed by atoms with Crippen LogP contribution in [0.4, 0.5) is 4.39 Å². The lowest BCUT2D eigenvalue weighted by molar-refractivity contribution is 0.345. The molecule has 0 amide bonds. The van der Waals surface area contributed by atoms with Crippen molar-refractivity contribution in [3.8, 4) is 17.1 Å². The maximum absolute atomic E-state index is 13.1. The quantitative estimate of drug-likeness (QED) is 0.662. The second kappa shape index (κ2) is 5.63. The number of ether oxygens (including phenoxy) is 1. The number of hydrogen-bond donors (Lipinski definition) is 0. The third-order valence-electron chi connectivity index (χ3n) is 2.90. The van der Waals surface area contributed by atoms with Gasteiger partial charge in [-0.15, -0.1) is 0 Å². The molecule has 0 unspecified atom stereocenters. The molecule has 0 saturated heterocycles. The minimum absolute atomic E-state index is 0.323. The van der Waals surface area contributed by atoms with E-state index in [0.717, 1.165) is 22.0 Å². The van der Waals surface area contributed by atoms with Crippen molar-refractivity contribution in [2.45, 2.75) is 0 Å². The van der Waals surface area contributed by atoms with Crippen molar-refractivity contribution < 1.29 is 13.7 Å². The van der Waals surface area contributed by atoms with Gasteiger partial charge in [-0.3, -0.25) is 0 Å². The van der Waals surface area contributed by atoms with Gasteiger partial charge in [0.2, 0.25) is 0 Å². The monoisotopic (exact) mass is 335 g/mol. The van der Waals surface area contributed by atoms with E-state index in [-0.39, 0.29) is 5.82 Å². The Labute approximate surface area is 123 Å². The molecule has 0 aliphatic heterocycles. The first-order valence-corrected chi connectivity index (χ1v) is 7.24. The van der Waals surface area contributed by atoms with Crippen molar-refractivity contribution >= 4 is 26.8 Å². The highest BCUT2D eigenvalue weighted by molar-refractivity contribution is 9.09. The molecule has 0 aliphatic carbocycles. The zero-order valence-electron chi connectivity index (χ0n) is 10.5. The van der Waals surface area contributed by atoms with Crippen molar-refractivity contribution in [2.24, 2.45) is 0 Å². The Bertz CT molecular complexity index is 724. The summed E-state index contributed by atoms with van der Waals surface area (Å²) in [4.78, 5) is 0. The summed E-state index contributed by atoms with van der Waals surface area (Å²) in [6, 6.07) is 12.0. The molecule has 102 valence electrons. The highest BCUT2D eigenvalue weighted by atomic mass is 79.9. The third kappa shape index (κ3) is 2.54. The van der Waals surface area contributed by atoms with Crippen LogP contribution < -0.4 is 4.74 Å². The van der Waals surface area contributed by atoms with Gasteiger partial charge in [0.25, 0.3) is 0 Å². The predicted molar refractivity (Wildman–Crippen MR) is 78.7 cm³/mol. The average molecular weight is 336 g/mol. The van der Waals surface area contributed by atoms with Gasteiger partial charge in [0, 0.05) is 22.3 Å². The highest BCUT2D eigenvalue weighted by Gasteiger charge is 2.11. The number of nitrogens with zero attached hydrogens (tertiary/aromatic N) is 1. The van der Waals surface area contributed by atoms with Gasteiger partial charge < -0.3 is 9.26 Å². The SMILES string of the molecule is Fc1ccc2c(-c3ccc(OCCBr)cc3)onc2c1. The molecule has 1 aromatic heterocycles. The lowest BCUT2D eigenvalue weighted by atomic mass is 10.1. The van der Waals surface area contributed by atoms with Crippen LogP contribution in [0.2, 0.25) is 0 Å². The Morgan fingerprint density at radius 2 is 1.95 bits per heavy atom. The van der Waals surface area contributed by atoms with Crippen LogP contribution in [0.15, 0.2) is 47.0 Å². The molecule has 0 N–H and O–H groups in total. The van der Waals surface area contributed by atoms with Crippen molar-refractivity contribution in [1.29, 1.82) is 0 Å². The van der Waals surface area contributed by atoms with Crippen molar-refractivity contribution in [3.63, 3.8) is 0 Å². The van der Waals surface area contributed by atoms with Gasteiger partial charge in [0.15, 0.2) is 5.76 Å². The van der Waals surface area contributed by atoms with Crippen molar-refractivity contribution in [3.05, 3.63) is 48.3 Å². The van der Waals surface area contributed by atoms with E-state index in [4.69, 9.17) is 9.26 Å². The van der Waals surface area contributed by atoms with E-state index in [2.05, 4.69) is 21.1 Å². The molecular weight excluding hydrogens is 325 g/mol. The number of fused-ring (bicyclic) bond motifs is 1. The number of alkyl halides is 1. The Balaban J connectivity index is 1.94. The van der Waals surface area contributed by atoms with Crippen LogP contribution in [0.25, 0.3) is 22.2 Å². The molecule has 0 atom stereocenters. The fourth-order valence-corrected chi connectivity index (χ4v) is 2.15. The Morgan fingerprint density at radius 1 is 1.15 bits per heavy atom. The molecule has 0 spiro atoms. The third-order valence-corrected chi connectivity index (χ3v) is 3.23. The maximum atomic E-state index is 13.1. The molecule has 0 fully saturated rings. The van der Waals surface area contributed by atoms with Gasteiger partial charge in [0.05, 0.1) is 6.61 Å². The smallest absolute Gasteiger partial charge is 0.174 e. The van der Waals surface area contributed by atoms with Crippen molar-refractivity contribution in [2.75, 3.05) is 11.9 Å². The summed E-state index contributed by atoms with van der Waals surface area (Å²) >= 11 is 3.31. The van der Waals surface area contributed by atoms with Crippen LogP contribution >= 0.6 is 15.9 Å². The minimum atomic E-state index is -0.323. The van der Waals surface area contributed by atoms with Gasteiger partial charge in [-0.1, -0.05) is 21.1 Å². The number of halogens is 2. The predicted octanol–water partition coefficient (Wildman–Crippen LogP) is 4.41. The zero-order valence-corrected chi connectivity index (χ0v) is 12.1. The molecular formula is C15H11BrFNO2. The number of hydrogen-bond acceptors (Lipinski definition) is 3. The summed E-state index contributed by atoms with van der Waals surface area (Å²) in [5.74, 6) is 1.10. The maximum Gasteiger partial charge on any atom is 0.174 e. The van der Waals surface area contributed by atoms with Crippen LogP contribution in [-0.2, 0) is 0 Å². The molecule has 0 saturated carbocycles. The van der Waals surface area contributed by atoms with Gasteiger partial charge >= 0.3 is 0 Å². The largest absolute Gasteiger partial charge is 0.493 e. The fourth-order valence-electron chi connectivity index (χ4n) is 1.98. The molecule has 0 aliphatic rings. The lowest BCUT2D eigenvalue weighted by Crippen LogP contribution is -1.97.